The first-order valence-corrected chi connectivity index (χ1v) is 9.18. The minimum Gasteiger partial charge on any atom is -0.494 e. The highest BCUT2D eigenvalue weighted by atomic mass is 19.3. The lowest BCUT2D eigenvalue weighted by atomic mass is 9.78. The van der Waals surface area contributed by atoms with Crippen molar-refractivity contribution in [3.05, 3.63) is 23.8 Å². The molecular weight excluding hydrogens is 341 g/mol. The highest BCUT2D eigenvalue weighted by Crippen LogP contribution is 2.37. The maximum atomic E-state index is 13.2. The third kappa shape index (κ3) is 4.05. The summed E-state index contributed by atoms with van der Waals surface area (Å²) in [6.07, 6.45) is -0.714. The van der Waals surface area contributed by atoms with Crippen LogP contribution in [0.3, 0.4) is 0 Å². The van der Waals surface area contributed by atoms with Gasteiger partial charge in [0, 0.05) is 24.2 Å². The Kier molecular flexibility index (Phi) is 5.61. The van der Waals surface area contributed by atoms with Crippen molar-refractivity contribution < 1.29 is 27.6 Å². The van der Waals surface area contributed by atoms with Crippen LogP contribution in [0.15, 0.2) is 18.2 Å². The van der Waals surface area contributed by atoms with E-state index in [2.05, 4.69) is 0 Å². The largest absolute Gasteiger partial charge is 0.498 e. The van der Waals surface area contributed by atoms with Gasteiger partial charge in [-0.05, 0) is 52.5 Å². The van der Waals surface area contributed by atoms with Gasteiger partial charge in [0.1, 0.15) is 5.75 Å². The van der Waals surface area contributed by atoms with Gasteiger partial charge in [-0.25, -0.2) is 8.78 Å². The zero-order valence-electron chi connectivity index (χ0n) is 15.9. The standard InChI is InChI=1S/C19H27BF2O4/c1-18(2)19(3,4)26-20(25-18)15-6-5-14(17(21)22)11-16(15)24-12-13-7-9-23-10-8-13/h5-6,11,13,17H,7-10,12H2,1-4H3. The van der Waals surface area contributed by atoms with Gasteiger partial charge >= 0.3 is 7.12 Å². The number of rotatable bonds is 5. The van der Waals surface area contributed by atoms with Crippen LogP contribution >= 0.6 is 0 Å². The Morgan fingerprint density at radius 2 is 1.73 bits per heavy atom. The van der Waals surface area contributed by atoms with Crippen molar-refractivity contribution >= 4 is 12.6 Å². The van der Waals surface area contributed by atoms with Gasteiger partial charge < -0.3 is 18.8 Å². The molecule has 4 nitrogen and oxygen atoms in total. The Balaban J connectivity index is 1.82. The first-order valence-electron chi connectivity index (χ1n) is 9.18. The van der Waals surface area contributed by atoms with E-state index in [1.165, 1.54) is 12.1 Å². The van der Waals surface area contributed by atoms with Crippen molar-refractivity contribution in [1.29, 1.82) is 0 Å². The summed E-state index contributed by atoms with van der Waals surface area (Å²) >= 11 is 0. The van der Waals surface area contributed by atoms with Crippen LogP contribution in [0.4, 0.5) is 8.78 Å². The predicted octanol–water partition coefficient (Wildman–Crippen LogP) is 3.73. The Bertz CT molecular complexity index is 614. The van der Waals surface area contributed by atoms with Gasteiger partial charge in [-0.15, -0.1) is 0 Å². The van der Waals surface area contributed by atoms with Crippen LogP contribution in [0.2, 0.25) is 0 Å². The predicted molar refractivity (Wildman–Crippen MR) is 96.2 cm³/mol. The number of benzene rings is 1. The fraction of sp³-hybridized carbons (Fsp3) is 0.684. The average Bonchev–Trinajstić information content (AvgIpc) is 2.81. The Morgan fingerprint density at radius 3 is 2.31 bits per heavy atom. The zero-order chi connectivity index (χ0) is 18.9. The summed E-state index contributed by atoms with van der Waals surface area (Å²) in [5.41, 5.74) is -0.416. The molecule has 7 heteroatoms. The van der Waals surface area contributed by atoms with Crippen LogP contribution < -0.4 is 10.2 Å². The molecular formula is C19H27BF2O4. The van der Waals surface area contributed by atoms with Crippen molar-refractivity contribution in [2.75, 3.05) is 19.8 Å². The lowest BCUT2D eigenvalue weighted by Gasteiger charge is -2.32. The summed E-state index contributed by atoms with van der Waals surface area (Å²) < 4.78 is 49.8. The minimum absolute atomic E-state index is 0.0627. The molecule has 144 valence electrons. The van der Waals surface area contributed by atoms with E-state index in [9.17, 15) is 8.78 Å². The third-order valence-corrected chi connectivity index (χ3v) is 5.61. The van der Waals surface area contributed by atoms with E-state index in [1.54, 1.807) is 6.07 Å². The molecule has 26 heavy (non-hydrogen) atoms. The van der Waals surface area contributed by atoms with Crippen molar-refractivity contribution in [1.82, 2.24) is 0 Å². The molecule has 0 atom stereocenters. The molecule has 2 saturated heterocycles. The third-order valence-electron chi connectivity index (χ3n) is 5.61. The minimum atomic E-state index is -2.55. The number of hydrogen-bond acceptors (Lipinski definition) is 4. The molecule has 0 spiro atoms. The summed E-state index contributed by atoms with van der Waals surface area (Å²) in [5, 5.41) is 0. The van der Waals surface area contributed by atoms with Crippen LogP contribution in [0.5, 0.6) is 5.75 Å². The Labute approximate surface area is 154 Å². The summed E-state index contributed by atoms with van der Waals surface area (Å²) in [7, 11) is -0.642. The first kappa shape index (κ1) is 19.6. The van der Waals surface area contributed by atoms with Gasteiger partial charge in [0.05, 0.1) is 17.8 Å². The number of ether oxygens (including phenoxy) is 2. The molecule has 0 radical (unpaired) electrons. The molecule has 3 rings (SSSR count). The van der Waals surface area contributed by atoms with E-state index < -0.39 is 24.7 Å². The molecule has 0 amide bonds. The second kappa shape index (κ2) is 7.45. The maximum Gasteiger partial charge on any atom is 0.498 e. The molecule has 0 bridgehead atoms. The van der Waals surface area contributed by atoms with Crippen molar-refractivity contribution in [3.8, 4) is 5.75 Å². The van der Waals surface area contributed by atoms with Crippen LogP contribution in [0.25, 0.3) is 0 Å². The van der Waals surface area contributed by atoms with E-state index in [0.717, 1.165) is 26.1 Å². The normalized spacial score (nSPS) is 22.8. The number of alkyl halides is 2. The summed E-state index contributed by atoms with van der Waals surface area (Å²) in [6, 6.07) is 4.44. The molecule has 0 aromatic heterocycles. The smallest absolute Gasteiger partial charge is 0.494 e. The highest BCUT2D eigenvalue weighted by molar-refractivity contribution is 6.63. The molecule has 0 aliphatic carbocycles. The molecule has 0 N–H and O–H groups in total. The zero-order valence-corrected chi connectivity index (χ0v) is 15.9. The van der Waals surface area contributed by atoms with E-state index in [-0.39, 0.29) is 5.56 Å². The quantitative estimate of drug-likeness (QED) is 0.743. The molecule has 2 fully saturated rings. The Hall–Kier alpha value is -1.18. The van der Waals surface area contributed by atoms with Crippen LogP contribution in [0.1, 0.15) is 52.5 Å². The second-order valence-corrected chi connectivity index (χ2v) is 8.05. The van der Waals surface area contributed by atoms with Gasteiger partial charge in [0.25, 0.3) is 6.43 Å². The molecule has 0 unspecified atom stereocenters. The monoisotopic (exact) mass is 368 g/mol. The van der Waals surface area contributed by atoms with Gasteiger partial charge in [-0.3, -0.25) is 0 Å². The Morgan fingerprint density at radius 1 is 1.12 bits per heavy atom. The van der Waals surface area contributed by atoms with Crippen molar-refractivity contribution in [3.63, 3.8) is 0 Å². The molecule has 2 aliphatic rings. The maximum absolute atomic E-state index is 13.2. The van der Waals surface area contributed by atoms with Gasteiger partial charge in [0.15, 0.2) is 0 Å². The first-order chi connectivity index (χ1) is 12.2. The molecule has 2 heterocycles. The molecule has 0 saturated carbocycles. The SMILES string of the molecule is CC1(C)OB(c2ccc(C(F)F)cc2OCC2CCOCC2)OC1(C)C. The lowest BCUT2D eigenvalue weighted by Crippen LogP contribution is -2.41. The van der Waals surface area contributed by atoms with Gasteiger partial charge in [-0.1, -0.05) is 12.1 Å². The number of halogens is 2. The summed E-state index contributed by atoms with van der Waals surface area (Å²) in [5.74, 6) is 0.776. The second-order valence-electron chi connectivity index (χ2n) is 8.05. The van der Waals surface area contributed by atoms with Crippen LogP contribution in [-0.4, -0.2) is 38.1 Å². The lowest BCUT2D eigenvalue weighted by molar-refractivity contribution is 0.00578. The summed E-state index contributed by atoms with van der Waals surface area (Å²) in [6.45, 7) is 9.76. The van der Waals surface area contributed by atoms with Crippen LogP contribution in [0, 0.1) is 5.92 Å². The van der Waals surface area contributed by atoms with Gasteiger partial charge in [-0.2, -0.15) is 0 Å². The van der Waals surface area contributed by atoms with Crippen LogP contribution in [-0.2, 0) is 14.0 Å². The van der Waals surface area contributed by atoms with Crippen molar-refractivity contribution in [2.45, 2.75) is 58.2 Å². The average molecular weight is 368 g/mol. The molecule has 2 aliphatic heterocycles. The van der Waals surface area contributed by atoms with E-state index >= 15 is 0 Å². The molecule has 1 aromatic carbocycles. The van der Waals surface area contributed by atoms with E-state index in [0.29, 0.717) is 23.7 Å². The van der Waals surface area contributed by atoms with Gasteiger partial charge in [0.2, 0.25) is 0 Å². The topological polar surface area (TPSA) is 36.9 Å². The molecule has 1 aromatic rings. The highest BCUT2D eigenvalue weighted by Gasteiger charge is 2.52. The summed E-state index contributed by atoms with van der Waals surface area (Å²) in [4.78, 5) is 0. The fourth-order valence-corrected chi connectivity index (χ4v) is 3.10. The van der Waals surface area contributed by atoms with E-state index in [1.807, 2.05) is 27.7 Å². The van der Waals surface area contributed by atoms with E-state index in [4.69, 9.17) is 18.8 Å². The number of hydrogen-bond donors (Lipinski definition) is 0. The fourth-order valence-electron chi connectivity index (χ4n) is 3.10. The van der Waals surface area contributed by atoms with Crippen molar-refractivity contribution in [2.24, 2.45) is 5.92 Å².